The van der Waals surface area contributed by atoms with Gasteiger partial charge in [-0.1, -0.05) is 193 Å². The summed E-state index contributed by atoms with van der Waals surface area (Å²) in [6.45, 7) is 31.6. The number of rotatable bonds is 24. The van der Waals surface area contributed by atoms with Crippen molar-refractivity contribution in [2.45, 2.75) is 187 Å². The average Bonchev–Trinajstić information content (AvgIpc) is 4.13. The number of aromatic nitrogens is 2. The van der Waals surface area contributed by atoms with E-state index in [1.54, 1.807) is 0 Å². The van der Waals surface area contributed by atoms with E-state index in [0.29, 0.717) is 35.8 Å². The largest absolute Gasteiger partial charge is 0.340 e. The van der Waals surface area contributed by atoms with E-state index in [1.165, 1.54) is 13.8 Å². The number of hydrogen-bond acceptors (Lipinski definition) is 7. The molecule has 0 aliphatic heterocycles. The molecule has 2 aromatic heterocycles. The maximum Gasteiger partial charge on any atom is 0.331 e. The van der Waals surface area contributed by atoms with Gasteiger partial charge in [-0.25, -0.2) is 9.59 Å². The van der Waals surface area contributed by atoms with Crippen LogP contribution in [0.4, 0.5) is 0 Å². The number of nitrogens with zero attached hydrogens (tertiary/aromatic N) is 4. The second-order valence-corrected chi connectivity index (χ2v) is 26.0. The Morgan fingerprint density at radius 1 is 0.500 bits per heavy atom. The van der Waals surface area contributed by atoms with Gasteiger partial charge < -0.3 is 18.8 Å². The number of oxime groups is 2. The molecule has 6 aromatic carbocycles. The van der Waals surface area contributed by atoms with Crippen LogP contribution in [0.3, 0.4) is 0 Å². The van der Waals surface area contributed by atoms with Gasteiger partial charge in [-0.3, -0.25) is 4.79 Å². The van der Waals surface area contributed by atoms with Crippen molar-refractivity contribution >= 4 is 94.3 Å². The summed E-state index contributed by atoms with van der Waals surface area (Å²) in [6, 6.07) is 34.4. The zero-order chi connectivity index (χ0) is 57.6. The topological polar surface area (TPSA) is 104 Å². The van der Waals surface area contributed by atoms with E-state index in [9.17, 15) is 9.59 Å². The van der Waals surface area contributed by atoms with Gasteiger partial charge in [-0.05, 0) is 120 Å². The van der Waals surface area contributed by atoms with Gasteiger partial charge in [-0.2, -0.15) is 0 Å². The predicted molar refractivity (Wildman–Crippen MR) is 336 cm³/mol. The molecule has 4 atom stereocenters. The van der Waals surface area contributed by atoms with E-state index >= 15 is 4.79 Å². The van der Waals surface area contributed by atoms with Gasteiger partial charge in [0.05, 0.1) is 22.5 Å². The third-order valence-electron chi connectivity index (χ3n) is 16.4. The number of unbranched alkanes of at least 4 members (excludes halogenated alkanes) is 2. The maximum absolute atomic E-state index is 16.3. The molecule has 0 radical (unpaired) electrons. The Kier molecular flexibility index (Phi) is 18.9. The molecule has 0 amide bonds. The highest BCUT2D eigenvalue weighted by Gasteiger charge is 2.28. The van der Waals surface area contributed by atoms with Crippen LogP contribution >= 0.6 is 0 Å². The molecule has 0 N–H and O–H groups in total. The molecule has 4 unspecified atom stereocenters. The second-order valence-electron chi connectivity index (χ2n) is 26.0. The lowest BCUT2D eigenvalue weighted by Crippen LogP contribution is -2.15. The number of carbonyl (C=O) groups excluding carboxylic acids is 3. The van der Waals surface area contributed by atoms with Crippen molar-refractivity contribution in [3.05, 3.63) is 119 Å². The molecule has 0 saturated heterocycles. The highest BCUT2D eigenvalue weighted by atomic mass is 16.7. The van der Waals surface area contributed by atoms with E-state index in [0.717, 1.165) is 165 Å². The monoisotopic (exact) mass is 1080 g/mol. The van der Waals surface area contributed by atoms with Crippen LogP contribution in [0.25, 0.3) is 65.2 Å². The summed E-state index contributed by atoms with van der Waals surface area (Å²) in [7, 11) is 0. The fourth-order valence-electron chi connectivity index (χ4n) is 13.1. The van der Waals surface area contributed by atoms with E-state index < -0.39 is 11.9 Å². The van der Waals surface area contributed by atoms with Crippen molar-refractivity contribution < 1.29 is 24.1 Å². The van der Waals surface area contributed by atoms with Crippen LogP contribution < -0.4 is 0 Å². The quantitative estimate of drug-likeness (QED) is 0.0259. The van der Waals surface area contributed by atoms with Gasteiger partial charge in [-0.15, -0.1) is 0 Å². The summed E-state index contributed by atoms with van der Waals surface area (Å²) in [5, 5.41) is 17.0. The Morgan fingerprint density at radius 2 is 0.875 bits per heavy atom. The third kappa shape index (κ3) is 13.6. The molecular formula is C71H90N4O5. The zero-order valence-electron chi connectivity index (χ0n) is 50.8. The van der Waals surface area contributed by atoms with Crippen LogP contribution in [0.5, 0.6) is 0 Å². The predicted octanol–water partition coefficient (Wildman–Crippen LogP) is 19.3. The molecule has 0 aliphatic rings. The molecular weight excluding hydrogens is 989 g/mol. The van der Waals surface area contributed by atoms with Crippen molar-refractivity contribution in [1.29, 1.82) is 0 Å². The fourth-order valence-corrected chi connectivity index (χ4v) is 13.1. The van der Waals surface area contributed by atoms with Gasteiger partial charge in [0.15, 0.2) is 5.78 Å². The molecule has 9 nitrogen and oxygen atoms in total. The Bertz CT molecular complexity index is 3380. The molecule has 424 valence electrons. The molecule has 9 heteroatoms. The van der Waals surface area contributed by atoms with E-state index in [-0.39, 0.29) is 28.4 Å². The number of carbonyl (C=O) groups is 3. The first-order valence-electron chi connectivity index (χ1n) is 30.1. The number of ketones is 1. The lowest BCUT2D eigenvalue weighted by Gasteiger charge is -2.23. The molecule has 0 saturated carbocycles. The number of benzene rings is 6. The molecule has 0 fully saturated rings. The van der Waals surface area contributed by atoms with Gasteiger partial charge in [0.2, 0.25) is 0 Å². The number of hydrogen-bond donors (Lipinski definition) is 0. The summed E-state index contributed by atoms with van der Waals surface area (Å²) in [4.78, 5) is 51.8. The summed E-state index contributed by atoms with van der Waals surface area (Å²) in [6.07, 6.45) is 12.2. The minimum Gasteiger partial charge on any atom is -0.340 e. The molecule has 0 bridgehead atoms. The maximum atomic E-state index is 16.3. The minimum atomic E-state index is -0.456. The lowest BCUT2D eigenvalue weighted by atomic mass is 9.82. The second kappa shape index (κ2) is 25.5. The summed E-state index contributed by atoms with van der Waals surface area (Å²) in [5.74, 6) is 0.523. The summed E-state index contributed by atoms with van der Waals surface area (Å²) >= 11 is 0. The van der Waals surface area contributed by atoms with Crippen molar-refractivity contribution in [3.63, 3.8) is 0 Å². The summed E-state index contributed by atoms with van der Waals surface area (Å²) in [5.41, 5.74) is 9.21. The van der Waals surface area contributed by atoms with Crippen LogP contribution in [0, 0.1) is 34.5 Å². The smallest absolute Gasteiger partial charge is 0.331 e. The van der Waals surface area contributed by atoms with Crippen molar-refractivity contribution in [1.82, 2.24) is 9.13 Å². The fraction of sp³-hybridized carbons (Fsp3) is 0.479. The normalized spacial score (nSPS) is 14.4. The highest BCUT2D eigenvalue weighted by molar-refractivity contribution is 6.31. The van der Waals surface area contributed by atoms with Crippen molar-refractivity contribution in [3.8, 4) is 0 Å². The minimum absolute atomic E-state index is 0.0414. The SMILES string of the molecule is CCCCC(CC)Cn1c2ccc(/C(CC(C)CC(C)(C)C)=N\OC(C)=O)cc2c2cc(C(=O)c3cc4c5cc(/C(CC(C)CC(C)(C)C)=N/OC(C)=O)ccc5n(CC(CC)CCCC)c4c4ccccc34)c3ccccc3c21. The number of fused-ring (bicyclic) bond motifs is 10. The average molecular weight is 1080 g/mol. The molecule has 0 spiro atoms. The Balaban J connectivity index is 1.40. The van der Waals surface area contributed by atoms with Crippen LogP contribution in [0.2, 0.25) is 0 Å². The molecule has 0 aliphatic carbocycles. The molecule has 8 rings (SSSR count). The van der Waals surface area contributed by atoms with Crippen LogP contribution in [-0.4, -0.2) is 38.3 Å². The van der Waals surface area contributed by atoms with E-state index in [1.807, 2.05) is 0 Å². The molecule has 80 heavy (non-hydrogen) atoms. The van der Waals surface area contributed by atoms with Crippen LogP contribution in [0.15, 0.2) is 107 Å². The Morgan fingerprint density at radius 3 is 1.21 bits per heavy atom. The highest BCUT2D eigenvalue weighted by Crippen LogP contribution is 2.43. The molecule has 8 aromatic rings. The van der Waals surface area contributed by atoms with Gasteiger partial charge in [0, 0.05) is 92.5 Å². The Labute approximate surface area is 476 Å². The van der Waals surface area contributed by atoms with E-state index in [4.69, 9.17) is 9.68 Å². The van der Waals surface area contributed by atoms with Gasteiger partial charge in [0.25, 0.3) is 0 Å². The summed E-state index contributed by atoms with van der Waals surface area (Å²) < 4.78 is 5.03. The zero-order valence-corrected chi connectivity index (χ0v) is 50.8. The van der Waals surface area contributed by atoms with E-state index in [2.05, 4.69) is 200 Å². The first-order chi connectivity index (χ1) is 38.1. The van der Waals surface area contributed by atoms with Crippen molar-refractivity contribution in [2.24, 2.45) is 44.8 Å². The Hall–Kier alpha value is -6.61. The van der Waals surface area contributed by atoms with Crippen molar-refractivity contribution in [2.75, 3.05) is 0 Å². The lowest BCUT2D eigenvalue weighted by molar-refractivity contribution is -0.141. The standard InChI is InChI=1S/C71H90N4O5/c1-15-19-25-49(17-3)43-74-65-33-31-51(63(72-79-47(7)76)35-45(5)41-70(9,10)11)37-57(65)59-39-61(53-27-21-23-29-55(53)67(59)74)69(78)62-40-60-58-38-52(64(73-80-48(8)77)36-46(6)42-71(12,13)14)32-34-66(58)75(44-50(18-4)26-20-16-2)68(60)56-30-24-22-28-54(56)62/h21-24,27-34,37-40,45-46,49-50H,15-20,25-26,35-36,41-44H2,1-14H3/b72-63-,73-64+. The first kappa shape index (κ1) is 59.5. The third-order valence-corrected chi connectivity index (χ3v) is 16.4. The first-order valence-corrected chi connectivity index (χ1v) is 30.1. The molecule has 2 heterocycles. The van der Waals surface area contributed by atoms with Crippen LogP contribution in [0.1, 0.15) is 201 Å². The van der Waals surface area contributed by atoms with Gasteiger partial charge >= 0.3 is 11.9 Å². The van der Waals surface area contributed by atoms with Gasteiger partial charge in [0.1, 0.15) is 0 Å². The van der Waals surface area contributed by atoms with Crippen LogP contribution in [-0.2, 0) is 32.4 Å².